The fraction of sp³-hybridized carbons (Fsp3) is 0.562. The normalized spacial score (nSPS) is 18.0. The molecule has 4 nitrogen and oxygen atoms in total. The highest BCUT2D eigenvalue weighted by Crippen LogP contribution is 2.30. The van der Waals surface area contributed by atoms with E-state index in [9.17, 15) is 4.79 Å². The highest BCUT2D eigenvalue weighted by molar-refractivity contribution is 5.85. The van der Waals surface area contributed by atoms with E-state index in [0.717, 1.165) is 43.6 Å². The number of hydrogen-bond donors (Lipinski definition) is 2. The van der Waals surface area contributed by atoms with Gasteiger partial charge >= 0.3 is 0 Å². The summed E-state index contributed by atoms with van der Waals surface area (Å²) in [6.45, 7) is 1.39. The zero-order valence-electron chi connectivity index (χ0n) is 12.3. The molecule has 1 aromatic carbocycles. The number of fused-ring (bicyclic) bond motifs is 1. The topological polar surface area (TPSA) is 58.4 Å². The van der Waals surface area contributed by atoms with Crippen LogP contribution in [-0.4, -0.2) is 25.0 Å². The van der Waals surface area contributed by atoms with Gasteiger partial charge in [-0.15, -0.1) is 12.4 Å². The van der Waals surface area contributed by atoms with Gasteiger partial charge in [-0.05, 0) is 43.4 Å². The van der Waals surface area contributed by atoms with Crippen molar-refractivity contribution in [3.05, 3.63) is 23.8 Å². The number of halogens is 1. The van der Waals surface area contributed by atoms with Gasteiger partial charge in [0, 0.05) is 24.0 Å². The Hall–Kier alpha value is -1.42. The fourth-order valence-electron chi connectivity index (χ4n) is 3.41. The number of anilines is 2. The van der Waals surface area contributed by atoms with Crippen LogP contribution in [0.1, 0.15) is 37.7 Å². The average molecular weight is 310 g/mol. The highest BCUT2D eigenvalue weighted by atomic mass is 35.5. The van der Waals surface area contributed by atoms with Gasteiger partial charge in [0.15, 0.2) is 0 Å². The fourth-order valence-corrected chi connectivity index (χ4v) is 3.41. The number of carbonyl (C=O) groups is 1. The number of rotatable bonds is 3. The Balaban J connectivity index is 0.00000161. The van der Waals surface area contributed by atoms with Crippen molar-refractivity contribution in [2.45, 2.75) is 44.6 Å². The van der Waals surface area contributed by atoms with E-state index < -0.39 is 0 Å². The number of benzene rings is 1. The lowest BCUT2D eigenvalue weighted by Gasteiger charge is -2.31. The summed E-state index contributed by atoms with van der Waals surface area (Å²) in [4.78, 5) is 14.3. The van der Waals surface area contributed by atoms with Gasteiger partial charge in [-0.1, -0.05) is 18.9 Å². The summed E-state index contributed by atoms with van der Waals surface area (Å²) in [6, 6.07) is 6.39. The molecule has 1 aromatic rings. The molecule has 0 saturated heterocycles. The highest BCUT2D eigenvalue weighted by Gasteiger charge is 2.22. The Labute approximate surface area is 132 Å². The third kappa shape index (κ3) is 3.62. The van der Waals surface area contributed by atoms with E-state index in [2.05, 4.69) is 16.3 Å². The molecule has 0 spiro atoms. The summed E-state index contributed by atoms with van der Waals surface area (Å²) >= 11 is 0. The molecule has 2 aliphatic rings. The quantitative estimate of drug-likeness (QED) is 0.844. The Morgan fingerprint density at radius 3 is 2.81 bits per heavy atom. The zero-order valence-corrected chi connectivity index (χ0v) is 13.1. The van der Waals surface area contributed by atoms with E-state index in [0.29, 0.717) is 12.6 Å². The van der Waals surface area contributed by atoms with Gasteiger partial charge in [0.05, 0.1) is 6.54 Å². The lowest BCUT2D eigenvalue weighted by Crippen LogP contribution is -2.43. The van der Waals surface area contributed by atoms with Crippen LogP contribution in [0, 0.1) is 0 Å². The summed E-state index contributed by atoms with van der Waals surface area (Å²) in [5, 5.41) is 3.16. The van der Waals surface area contributed by atoms with Crippen molar-refractivity contribution in [3.8, 4) is 0 Å². The van der Waals surface area contributed by atoms with E-state index in [4.69, 9.17) is 5.73 Å². The van der Waals surface area contributed by atoms with Gasteiger partial charge in [-0.25, -0.2) is 0 Å². The third-order valence-electron chi connectivity index (χ3n) is 4.44. The Morgan fingerprint density at radius 2 is 2.05 bits per heavy atom. The lowest BCUT2D eigenvalue weighted by atomic mass is 10.00. The van der Waals surface area contributed by atoms with Crippen molar-refractivity contribution in [1.29, 1.82) is 0 Å². The minimum absolute atomic E-state index is 0. The number of nitrogen functional groups attached to an aromatic ring is 1. The van der Waals surface area contributed by atoms with Gasteiger partial charge in [-0.3, -0.25) is 4.79 Å². The van der Waals surface area contributed by atoms with Crippen LogP contribution in [0.2, 0.25) is 0 Å². The van der Waals surface area contributed by atoms with E-state index in [1.54, 1.807) is 0 Å². The first-order chi connectivity index (χ1) is 9.74. The molecule has 1 aliphatic heterocycles. The molecule has 5 heteroatoms. The smallest absolute Gasteiger partial charge is 0.239 e. The summed E-state index contributed by atoms with van der Waals surface area (Å²) in [5.41, 5.74) is 9.23. The maximum atomic E-state index is 12.2. The molecule has 0 unspecified atom stereocenters. The molecular weight excluding hydrogens is 286 g/mol. The second-order valence-corrected chi connectivity index (χ2v) is 5.92. The molecule has 3 rings (SSSR count). The second-order valence-electron chi connectivity index (χ2n) is 5.92. The predicted octanol–water partition coefficient (Wildman–Crippen LogP) is 2.50. The van der Waals surface area contributed by atoms with Gasteiger partial charge in [0.1, 0.15) is 0 Å². The molecule has 21 heavy (non-hydrogen) atoms. The largest absolute Gasteiger partial charge is 0.398 e. The summed E-state index contributed by atoms with van der Waals surface area (Å²) in [6.07, 6.45) is 6.84. The minimum Gasteiger partial charge on any atom is -0.398 e. The van der Waals surface area contributed by atoms with E-state index in [1.807, 2.05) is 12.1 Å². The molecule has 0 radical (unpaired) electrons. The molecule has 1 aliphatic carbocycles. The van der Waals surface area contributed by atoms with Crippen molar-refractivity contribution in [3.63, 3.8) is 0 Å². The maximum absolute atomic E-state index is 12.2. The number of amides is 1. The van der Waals surface area contributed by atoms with E-state index >= 15 is 0 Å². The van der Waals surface area contributed by atoms with Crippen LogP contribution in [0.5, 0.6) is 0 Å². The molecule has 116 valence electrons. The minimum atomic E-state index is 0. The van der Waals surface area contributed by atoms with E-state index in [-0.39, 0.29) is 18.3 Å². The van der Waals surface area contributed by atoms with Crippen molar-refractivity contribution in [2.24, 2.45) is 0 Å². The molecule has 1 fully saturated rings. The molecule has 3 N–H and O–H groups in total. The molecule has 0 bridgehead atoms. The standard InChI is InChI=1S/C16H23N3O.ClH/c17-14-8-3-9-15-13(14)7-4-10-19(15)11-16(20)18-12-5-1-2-6-12;/h3,8-9,12H,1-2,4-7,10-11,17H2,(H,18,20);1H. The summed E-state index contributed by atoms with van der Waals surface area (Å²) in [5.74, 6) is 0.146. The summed E-state index contributed by atoms with van der Waals surface area (Å²) < 4.78 is 0. The predicted molar refractivity (Wildman–Crippen MR) is 89.0 cm³/mol. The molecule has 1 heterocycles. The molecular formula is C16H24ClN3O. The Morgan fingerprint density at radius 1 is 1.29 bits per heavy atom. The Kier molecular flexibility index (Phi) is 5.34. The van der Waals surface area contributed by atoms with Crippen LogP contribution in [0.25, 0.3) is 0 Å². The van der Waals surface area contributed by atoms with Gasteiger partial charge in [0.2, 0.25) is 5.91 Å². The monoisotopic (exact) mass is 309 g/mol. The molecule has 0 aromatic heterocycles. The maximum Gasteiger partial charge on any atom is 0.239 e. The first-order valence-corrected chi connectivity index (χ1v) is 7.66. The second kappa shape index (κ2) is 7.03. The average Bonchev–Trinajstić information content (AvgIpc) is 2.93. The number of nitrogens with two attached hydrogens (primary N) is 1. The molecule has 1 saturated carbocycles. The van der Waals surface area contributed by atoms with Crippen LogP contribution < -0.4 is 16.0 Å². The molecule has 1 amide bonds. The third-order valence-corrected chi connectivity index (χ3v) is 4.44. The first-order valence-electron chi connectivity index (χ1n) is 7.66. The van der Waals surface area contributed by atoms with Crippen LogP contribution >= 0.6 is 12.4 Å². The Bertz CT molecular complexity index is 500. The van der Waals surface area contributed by atoms with Gasteiger partial charge in [-0.2, -0.15) is 0 Å². The van der Waals surface area contributed by atoms with Crippen molar-refractivity contribution < 1.29 is 4.79 Å². The van der Waals surface area contributed by atoms with Gasteiger partial charge in [0.25, 0.3) is 0 Å². The zero-order chi connectivity index (χ0) is 13.9. The first kappa shape index (κ1) is 16.0. The van der Waals surface area contributed by atoms with Crippen LogP contribution in [0.4, 0.5) is 11.4 Å². The van der Waals surface area contributed by atoms with Crippen molar-refractivity contribution in [2.75, 3.05) is 23.7 Å². The van der Waals surface area contributed by atoms with Gasteiger partial charge < -0.3 is 16.0 Å². The van der Waals surface area contributed by atoms with Crippen molar-refractivity contribution in [1.82, 2.24) is 5.32 Å². The summed E-state index contributed by atoms with van der Waals surface area (Å²) in [7, 11) is 0. The molecule has 0 atom stereocenters. The van der Waals surface area contributed by atoms with Crippen LogP contribution in [0.15, 0.2) is 18.2 Å². The number of carbonyl (C=O) groups excluding carboxylic acids is 1. The number of hydrogen-bond acceptors (Lipinski definition) is 3. The van der Waals surface area contributed by atoms with E-state index in [1.165, 1.54) is 18.4 Å². The number of nitrogens with one attached hydrogen (secondary N) is 1. The van der Waals surface area contributed by atoms with Crippen LogP contribution in [-0.2, 0) is 11.2 Å². The lowest BCUT2D eigenvalue weighted by molar-refractivity contribution is -0.120. The van der Waals surface area contributed by atoms with Crippen LogP contribution in [0.3, 0.4) is 0 Å². The van der Waals surface area contributed by atoms with Crippen molar-refractivity contribution >= 4 is 29.7 Å². The number of nitrogens with zero attached hydrogens (tertiary/aromatic N) is 1. The SMILES string of the molecule is Cl.Nc1cccc2c1CCCN2CC(=O)NC1CCCC1.